The van der Waals surface area contributed by atoms with E-state index >= 15 is 0 Å². The Kier molecular flexibility index (Phi) is 10.2. The van der Waals surface area contributed by atoms with E-state index in [1.54, 1.807) is 30.3 Å². The van der Waals surface area contributed by atoms with E-state index in [2.05, 4.69) is 23.1 Å². The third-order valence-electron chi connectivity index (χ3n) is 4.04. The molecule has 160 valence electrons. The molecule has 0 aliphatic rings. The van der Waals surface area contributed by atoms with E-state index in [0.717, 1.165) is 25.7 Å². The Morgan fingerprint density at radius 2 is 1.63 bits per heavy atom. The van der Waals surface area contributed by atoms with Crippen LogP contribution in [0.25, 0.3) is 0 Å². The summed E-state index contributed by atoms with van der Waals surface area (Å²) in [7, 11) is 0. The Morgan fingerprint density at radius 3 is 2.40 bits per heavy atom. The molecule has 0 radical (unpaired) electrons. The lowest BCUT2D eigenvalue weighted by Crippen LogP contribution is -2.49. The number of ether oxygens (including phenoxy) is 2. The monoisotopic (exact) mass is 429 g/mol. The number of benzene rings is 2. The Bertz CT molecular complexity index is 830. The predicted molar refractivity (Wildman–Crippen MR) is 119 cm³/mol. The molecule has 0 unspecified atom stereocenters. The van der Waals surface area contributed by atoms with Gasteiger partial charge in [-0.3, -0.25) is 25.8 Å². The average Bonchev–Trinajstić information content (AvgIpc) is 2.77. The van der Waals surface area contributed by atoms with Gasteiger partial charge < -0.3 is 9.47 Å². The zero-order valence-corrected chi connectivity index (χ0v) is 17.8. The minimum absolute atomic E-state index is 0.0363. The third kappa shape index (κ3) is 8.48. The molecule has 0 saturated carbocycles. The second-order valence-electron chi connectivity index (χ2n) is 6.46. The van der Waals surface area contributed by atoms with Crippen molar-refractivity contribution < 1.29 is 19.1 Å². The summed E-state index contributed by atoms with van der Waals surface area (Å²) in [5, 5.41) is 2.49. The minimum Gasteiger partial charge on any atom is -0.493 e. The SMILES string of the molecule is CCCCCCOc1ccccc1C(=O)NC(=S)NNC(=O)COc1ccccc1. The first-order valence-corrected chi connectivity index (χ1v) is 10.3. The summed E-state index contributed by atoms with van der Waals surface area (Å²) < 4.78 is 11.1. The van der Waals surface area contributed by atoms with Gasteiger partial charge in [0.1, 0.15) is 11.5 Å². The Morgan fingerprint density at radius 1 is 0.900 bits per heavy atom. The van der Waals surface area contributed by atoms with Gasteiger partial charge in [-0.1, -0.05) is 56.5 Å². The standard InChI is InChI=1S/C22H27N3O4S/c1-2-3-4-10-15-28-19-14-9-8-13-18(19)21(27)23-22(30)25-24-20(26)16-29-17-11-6-5-7-12-17/h5-9,11-14H,2-4,10,15-16H2,1H3,(H,24,26)(H2,23,25,27,30). The molecule has 0 fully saturated rings. The van der Waals surface area contributed by atoms with Gasteiger partial charge in [0.15, 0.2) is 11.7 Å². The molecule has 0 heterocycles. The predicted octanol–water partition coefficient (Wildman–Crippen LogP) is 3.36. The number of rotatable bonds is 10. The normalized spacial score (nSPS) is 10.0. The topological polar surface area (TPSA) is 88.7 Å². The minimum atomic E-state index is -0.439. The van der Waals surface area contributed by atoms with Crippen LogP contribution in [0.5, 0.6) is 11.5 Å². The molecule has 0 saturated heterocycles. The maximum absolute atomic E-state index is 12.5. The molecule has 0 aromatic heterocycles. The van der Waals surface area contributed by atoms with Gasteiger partial charge in [0, 0.05) is 0 Å². The largest absolute Gasteiger partial charge is 0.493 e. The van der Waals surface area contributed by atoms with Gasteiger partial charge in [0.2, 0.25) is 0 Å². The fraction of sp³-hybridized carbons (Fsp3) is 0.318. The smallest absolute Gasteiger partial charge is 0.276 e. The maximum atomic E-state index is 12.5. The molecule has 0 bridgehead atoms. The summed E-state index contributed by atoms with van der Waals surface area (Å²) in [5.74, 6) is 0.210. The third-order valence-corrected chi connectivity index (χ3v) is 4.25. The van der Waals surface area contributed by atoms with Crippen molar-refractivity contribution in [1.29, 1.82) is 0 Å². The lowest BCUT2D eigenvalue weighted by atomic mass is 10.2. The summed E-state index contributed by atoms with van der Waals surface area (Å²) in [6, 6.07) is 15.9. The summed E-state index contributed by atoms with van der Waals surface area (Å²) >= 11 is 5.07. The number of hydrogen-bond acceptors (Lipinski definition) is 5. The van der Waals surface area contributed by atoms with Gasteiger partial charge in [-0.25, -0.2) is 0 Å². The molecular formula is C22H27N3O4S. The first kappa shape index (κ1) is 23.2. The van der Waals surface area contributed by atoms with Crippen molar-refractivity contribution in [1.82, 2.24) is 16.2 Å². The number of thiocarbonyl (C=S) groups is 1. The van der Waals surface area contributed by atoms with Crippen molar-refractivity contribution in [2.24, 2.45) is 0 Å². The van der Waals surface area contributed by atoms with Gasteiger partial charge >= 0.3 is 0 Å². The van der Waals surface area contributed by atoms with Crippen LogP contribution in [0.3, 0.4) is 0 Å². The van der Waals surface area contributed by atoms with E-state index in [0.29, 0.717) is 23.7 Å². The fourth-order valence-electron chi connectivity index (χ4n) is 2.52. The van der Waals surface area contributed by atoms with Crippen LogP contribution >= 0.6 is 12.2 Å². The van der Waals surface area contributed by atoms with E-state index in [4.69, 9.17) is 21.7 Å². The van der Waals surface area contributed by atoms with Crippen molar-refractivity contribution >= 4 is 29.1 Å². The van der Waals surface area contributed by atoms with E-state index in [-0.39, 0.29) is 11.7 Å². The number of hydrogen-bond donors (Lipinski definition) is 3. The van der Waals surface area contributed by atoms with Crippen molar-refractivity contribution in [3.05, 3.63) is 60.2 Å². The summed E-state index contributed by atoms with van der Waals surface area (Å²) in [6.45, 7) is 2.50. The molecule has 2 rings (SSSR count). The highest BCUT2D eigenvalue weighted by atomic mass is 32.1. The number of para-hydroxylation sites is 2. The molecule has 2 aromatic carbocycles. The van der Waals surface area contributed by atoms with Crippen LogP contribution in [0.4, 0.5) is 0 Å². The highest BCUT2D eigenvalue weighted by Crippen LogP contribution is 2.18. The lowest BCUT2D eigenvalue weighted by molar-refractivity contribution is -0.123. The van der Waals surface area contributed by atoms with E-state index in [1.165, 1.54) is 0 Å². The van der Waals surface area contributed by atoms with Crippen LogP contribution in [0.1, 0.15) is 43.0 Å². The van der Waals surface area contributed by atoms with Crippen molar-refractivity contribution in [2.45, 2.75) is 32.6 Å². The number of unbranched alkanes of at least 4 members (excludes halogenated alkanes) is 3. The summed E-state index contributed by atoms with van der Waals surface area (Å²) in [5.41, 5.74) is 5.23. The molecule has 0 aliphatic carbocycles. The van der Waals surface area contributed by atoms with Gasteiger partial charge in [-0.05, 0) is 42.9 Å². The van der Waals surface area contributed by atoms with Crippen molar-refractivity contribution in [2.75, 3.05) is 13.2 Å². The average molecular weight is 430 g/mol. The van der Waals surface area contributed by atoms with E-state index < -0.39 is 11.8 Å². The first-order chi connectivity index (χ1) is 14.6. The molecule has 2 aromatic rings. The van der Waals surface area contributed by atoms with Crippen LogP contribution in [0, 0.1) is 0 Å². The maximum Gasteiger partial charge on any atom is 0.276 e. The van der Waals surface area contributed by atoms with Crippen LogP contribution in [-0.4, -0.2) is 30.1 Å². The van der Waals surface area contributed by atoms with Gasteiger partial charge in [0.05, 0.1) is 12.2 Å². The second-order valence-corrected chi connectivity index (χ2v) is 6.87. The van der Waals surface area contributed by atoms with Crippen LogP contribution in [-0.2, 0) is 4.79 Å². The highest BCUT2D eigenvalue weighted by Gasteiger charge is 2.14. The van der Waals surface area contributed by atoms with Crippen LogP contribution in [0.15, 0.2) is 54.6 Å². The molecule has 30 heavy (non-hydrogen) atoms. The highest BCUT2D eigenvalue weighted by molar-refractivity contribution is 7.80. The van der Waals surface area contributed by atoms with Crippen LogP contribution in [0.2, 0.25) is 0 Å². The molecular weight excluding hydrogens is 402 g/mol. The molecule has 2 amide bonds. The Labute approximate surface area is 182 Å². The van der Waals surface area contributed by atoms with Gasteiger partial charge in [0.25, 0.3) is 11.8 Å². The number of carbonyl (C=O) groups excluding carboxylic acids is 2. The van der Waals surface area contributed by atoms with Gasteiger partial charge in [-0.15, -0.1) is 0 Å². The summed E-state index contributed by atoms with van der Waals surface area (Å²) in [6.07, 6.45) is 4.33. The van der Waals surface area contributed by atoms with Crippen LogP contribution < -0.4 is 25.6 Å². The molecule has 3 N–H and O–H groups in total. The van der Waals surface area contributed by atoms with Crippen molar-refractivity contribution in [3.8, 4) is 11.5 Å². The van der Waals surface area contributed by atoms with Crippen molar-refractivity contribution in [3.63, 3.8) is 0 Å². The number of hydrazine groups is 1. The Hall–Kier alpha value is -3.13. The summed E-state index contributed by atoms with van der Waals surface area (Å²) in [4.78, 5) is 24.3. The molecule has 8 heteroatoms. The van der Waals surface area contributed by atoms with E-state index in [1.807, 2.05) is 24.3 Å². The molecule has 0 atom stereocenters. The quantitative estimate of drug-likeness (QED) is 0.305. The number of amides is 2. The lowest BCUT2D eigenvalue weighted by Gasteiger charge is -2.13. The van der Waals surface area contributed by atoms with E-state index in [9.17, 15) is 9.59 Å². The molecule has 0 aliphatic heterocycles. The zero-order chi connectivity index (χ0) is 21.6. The number of carbonyl (C=O) groups is 2. The zero-order valence-electron chi connectivity index (χ0n) is 17.0. The number of nitrogens with one attached hydrogen (secondary N) is 3. The fourth-order valence-corrected chi connectivity index (χ4v) is 2.66. The first-order valence-electron chi connectivity index (χ1n) is 9.90. The molecule has 7 nitrogen and oxygen atoms in total. The Balaban J connectivity index is 1.75. The second kappa shape index (κ2) is 13.2. The molecule has 0 spiro atoms. The van der Waals surface area contributed by atoms with Gasteiger partial charge in [-0.2, -0.15) is 0 Å².